The van der Waals surface area contributed by atoms with Crippen LogP contribution in [0, 0.1) is 0 Å². The highest BCUT2D eigenvalue weighted by atomic mass is 16.5. The molecule has 3 nitrogen and oxygen atoms in total. The summed E-state index contributed by atoms with van der Waals surface area (Å²) >= 11 is 0. The van der Waals surface area contributed by atoms with Gasteiger partial charge in [-0.05, 0) is 43.4 Å². The van der Waals surface area contributed by atoms with Crippen LogP contribution < -0.4 is 10.1 Å². The first-order valence-corrected chi connectivity index (χ1v) is 8.78. The first-order chi connectivity index (χ1) is 12.1. The molecule has 0 radical (unpaired) electrons. The Balaban J connectivity index is 1.80. The number of carbonyl (C=O) groups excluding carboxylic acids is 1. The number of methoxy groups -OCH3 is 1. The molecule has 0 bridgehead atoms. The first kappa shape index (κ1) is 17.3. The van der Waals surface area contributed by atoms with E-state index in [2.05, 4.69) is 36.2 Å². The molecule has 3 rings (SSSR count). The smallest absolute Gasteiger partial charge is 0.255 e. The molecule has 1 fully saturated rings. The van der Waals surface area contributed by atoms with Gasteiger partial charge in [-0.1, -0.05) is 54.6 Å². The summed E-state index contributed by atoms with van der Waals surface area (Å²) in [5, 5.41) is 3.15. The van der Waals surface area contributed by atoms with E-state index in [9.17, 15) is 4.79 Å². The number of para-hydroxylation sites is 1. The lowest BCUT2D eigenvalue weighted by Gasteiger charge is -2.39. The Kier molecular flexibility index (Phi) is 5.22. The summed E-state index contributed by atoms with van der Waals surface area (Å²) in [6, 6.07) is 17.9. The van der Waals surface area contributed by atoms with Crippen molar-refractivity contribution >= 4 is 5.91 Å². The third-order valence-corrected chi connectivity index (χ3v) is 5.24. The molecule has 1 aliphatic rings. The Morgan fingerprint density at radius 2 is 1.72 bits per heavy atom. The fourth-order valence-corrected chi connectivity index (χ4v) is 3.62. The number of ether oxygens (including phenoxy) is 1. The van der Waals surface area contributed by atoms with E-state index in [1.54, 1.807) is 13.2 Å². The number of nitrogens with one attached hydrogen (secondary N) is 1. The quantitative estimate of drug-likeness (QED) is 0.818. The zero-order valence-corrected chi connectivity index (χ0v) is 14.8. The standard InChI is InChI=1S/C22H25NO2/c1-17-12-14-22(15-13-17,18-8-4-3-5-9-18)16-23-21(24)19-10-6-7-11-20(19)25-2/h3-11H,1,12-16H2,2H3,(H,23,24). The molecule has 1 N–H and O–H groups in total. The van der Waals surface area contributed by atoms with E-state index in [1.807, 2.05) is 24.3 Å². The van der Waals surface area contributed by atoms with E-state index in [1.165, 1.54) is 11.1 Å². The maximum atomic E-state index is 12.7. The molecule has 130 valence electrons. The van der Waals surface area contributed by atoms with Crippen LogP contribution >= 0.6 is 0 Å². The van der Waals surface area contributed by atoms with Gasteiger partial charge >= 0.3 is 0 Å². The zero-order chi connectivity index (χ0) is 17.7. The van der Waals surface area contributed by atoms with Gasteiger partial charge in [0.2, 0.25) is 0 Å². The minimum Gasteiger partial charge on any atom is -0.496 e. The highest BCUT2D eigenvalue weighted by Gasteiger charge is 2.35. The summed E-state index contributed by atoms with van der Waals surface area (Å²) in [4.78, 5) is 12.7. The van der Waals surface area contributed by atoms with E-state index >= 15 is 0 Å². The lowest BCUT2D eigenvalue weighted by molar-refractivity contribution is 0.0935. The normalized spacial score (nSPS) is 16.3. The van der Waals surface area contributed by atoms with Crippen LogP contribution in [-0.4, -0.2) is 19.6 Å². The van der Waals surface area contributed by atoms with Gasteiger partial charge in [-0.25, -0.2) is 0 Å². The van der Waals surface area contributed by atoms with Gasteiger partial charge in [0.15, 0.2) is 0 Å². The van der Waals surface area contributed by atoms with Crippen LogP contribution in [0.15, 0.2) is 66.7 Å². The number of allylic oxidation sites excluding steroid dienone is 1. The van der Waals surface area contributed by atoms with Gasteiger partial charge in [0, 0.05) is 12.0 Å². The van der Waals surface area contributed by atoms with Gasteiger partial charge in [0.25, 0.3) is 5.91 Å². The van der Waals surface area contributed by atoms with Crippen molar-refractivity contribution in [1.29, 1.82) is 0 Å². The SMILES string of the molecule is C=C1CCC(CNC(=O)c2ccccc2OC)(c2ccccc2)CC1. The van der Waals surface area contributed by atoms with Crippen LogP contribution in [0.4, 0.5) is 0 Å². The maximum absolute atomic E-state index is 12.7. The number of benzene rings is 2. The van der Waals surface area contributed by atoms with E-state index in [-0.39, 0.29) is 11.3 Å². The third kappa shape index (κ3) is 3.76. The van der Waals surface area contributed by atoms with Crippen LogP contribution in [0.2, 0.25) is 0 Å². The Morgan fingerprint density at radius 1 is 1.08 bits per heavy atom. The van der Waals surface area contributed by atoms with Gasteiger partial charge < -0.3 is 10.1 Å². The van der Waals surface area contributed by atoms with E-state index < -0.39 is 0 Å². The van der Waals surface area contributed by atoms with Crippen LogP contribution in [-0.2, 0) is 5.41 Å². The van der Waals surface area contributed by atoms with E-state index in [0.29, 0.717) is 17.9 Å². The van der Waals surface area contributed by atoms with Gasteiger partial charge in [0.05, 0.1) is 12.7 Å². The number of hydrogen-bond donors (Lipinski definition) is 1. The molecule has 0 aliphatic heterocycles. The Morgan fingerprint density at radius 3 is 2.40 bits per heavy atom. The molecule has 25 heavy (non-hydrogen) atoms. The van der Waals surface area contributed by atoms with Gasteiger partial charge in [0.1, 0.15) is 5.75 Å². The van der Waals surface area contributed by atoms with Crippen molar-refractivity contribution in [2.24, 2.45) is 0 Å². The predicted molar refractivity (Wildman–Crippen MR) is 101 cm³/mol. The molecule has 1 saturated carbocycles. The maximum Gasteiger partial charge on any atom is 0.255 e. The van der Waals surface area contributed by atoms with Crippen molar-refractivity contribution in [1.82, 2.24) is 5.32 Å². The molecule has 2 aromatic carbocycles. The summed E-state index contributed by atoms with van der Waals surface area (Å²) in [6.07, 6.45) is 4.06. The van der Waals surface area contributed by atoms with Crippen LogP contribution in [0.5, 0.6) is 5.75 Å². The fraction of sp³-hybridized carbons (Fsp3) is 0.318. The van der Waals surface area contributed by atoms with Gasteiger partial charge in [-0.2, -0.15) is 0 Å². The number of amides is 1. The molecule has 0 unspecified atom stereocenters. The largest absolute Gasteiger partial charge is 0.496 e. The third-order valence-electron chi connectivity index (χ3n) is 5.24. The van der Waals surface area contributed by atoms with Crippen molar-refractivity contribution < 1.29 is 9.53 Å². The highest BCUT2D eigenvalue weighted by molar-refractivity contribution is 5.96. The monoisotopic (exact) mass is 335 g/mol. The van der Waals surface area contributed by atoms with Crippen molar-refractivity contribution in [3.8, 4) is 5.75 Å². The van der Waals surface area contributed by atoms with Gasteiger partial charge in [-0.15, -0.1) is 0 Å². The molecule has 1 aliphatic carbocycles. The average Bonchev–Trinajstić information content (AvgIpc) is 2.68. The first-order valence-electron chi connectivity index (χ1n) is 8.78. The molecular formula is C22H25NO2. The molecular weight excluding hydrogens is 310 g/mol. The summed E-state index contributed by atoms with van der Waals surface area (Å²) in [6.45, 7) is 4.76. The molecule has 2 aromatic rings. The van der Waals surface area contributed by atoms with Gasteiger partial charge in [-0.3, -0.25) is 4.79 Å². The Labute approximate surface area is 149 Å². The van der Waals surface area contributed by atoms with Crippen molar-refractivity contribution in [2.75, 3.05) is 13.7 Å². The van der Waals surface area contributed by atoms with Crippen molar-refractivity contribution in [3.63, 3.8) is 0 Å². The second-order valence-electron chi connectivity index (χ2n) is 6.78. The molecule has 0 saturated heterocycles. The fourth-order valence-electron chi connectivity index (χ4n) is 3.62. The summed E-state index contributed by atoms with van der Waals surface area (Å²) in [7, 11) is 1.59. The molecule has 0 heterocycles. The second-order valence-corrected chi connectivity index (χ2v) is 6.78. The average molecular weight is 335 g/mol. The molecule has 0 atom stereocenters. The molecule has 0 aromatic heterocycles. The lowest BCUT2D eigenvalue weighted by Crippen LogP contribution is -2.42. The highest BCUT2D eigenvalue weighted by Crippen LogP contribution is 2.40. The van der Waals surface area contributed by atoms with Crippen LogP contribution in [0.1, 0.15) is 41.6 Å². The van der Waals surface area contributed by atoms with Crippen LogP contribution in [0.25, 0.3) is 0 Å². The zero-order valence-electron chi connectivity index (χ0n) is 14.8. The molecule has 1 amide bonds. The Bertz CT molecular complexity index is 742. The van der Waals surface area contributed by atoms with E-state index in [4.69, 9.17) is 4.74 Å². The summed E-state index contributed by atoms with van der Waals surface area (Å²) in [5.41, 5.74) is 3.15. The van der Waals surface area contributed by atoms with Crippen molar-refractivity contribution in [2.45, 2.75) is 31.1 Å². The molecule has 0 spiro atoms. The topological polar surface area (TPSA) is 38.3 Å². The second kappa shape index (κ2) is 7.56. The minimum atomic E-state index is -0.0860. The number of hydrogen-bond acceptors (Lipinski definition) is 2. The molecule has 3 heteroatoms. The summed E-state index contributed by atoms with van der Waals surface area (Å²) < 4.78 is 5.31. The van der Waals surface area contributed by atoms with Crippen molar-refractivity contribution in [3.05, 3.63) is 77.9 Å². The minimum absolute atomic E-state index is 0.0277. The Hall–Kier alpha value is -2.55. The van der Waals surface area contributed by atoms with E-state index in [0.717, 1.165) is 25.7 Å². The predicted octanol–water partition coefficient (Wildman–Crippen LogP) is 4.49. The van der Waals surface area contributed by atoms with Crippen LogP contribution in [0.3, 0.4) is 0 Å². The lowest BCUT2D eigenvalue weighted by atomic mass is 9.68. The summed E-state index contributed by atoms with van der Waals surface area (Å²) in [5.74, 6) is 0.517. The number of carbonyl (C=O) groups is 1. The number of rotatable bonds is 5.